The predicted octanol–water partition coefficient (Wildman–Crippen LogP) is 4.16. The van der Waals surface area contributed by atoms with Crippen LogP contribution < -0.4 is 5.56 Å². The maximum Gasteiger partial charge on any atom is 0.338 e. The van der Waals surface area contributed by atoms with Crippen LogP contribution in [-0.4, -0.2) is 26.9 Å². The molecule has 4 rings (SSSR count). The van der Waals surface area contributed by atoms with E-state index < -0.39 is 5.97 Å². The van der Waals surface area contributed by atoms with E-state index >= 15 is 0 Å². The van der Waals surface area contributed by atoms with Crippen LogP contribution in [0.5, 0.6) is 0 Å². The summed E-state index contributed by atoms with van der Waals surface area (Å²) in [7, 11) is 0. The SMILES string of the molecule is CC(C)c1ccc2nc3ccc(C(=O)OCCCc4cccnc4)cc3c(=O)n2c1. The number of nitrogens with zero attached hydrogens (tertiary/aromatic N) is 3. The third kappa shape index (κ3) is 4.08. The van der Waals surface area contributed by atoms with Gasteiger partial charge in [-0.25, -0.2) is 9.78 Å². The van der Waals surface area contributed by atoms with E-state index in [1.165, 1.54) is 0 Å². The van der Waals surface area contributed by atoms with Crippen LogP contribution in [0.4, 0.5) is 0 Å². The number of pyridine rings is 2. The van der Waals surface area contributed by atoms with Gasteiger partial charge in [0.1, 0.15) is 5.65 Å². The Morgan fingerprint density at radius 3 is 2.80 bits per heavy atom. The van der Waals surface area contributed by atoms with Crippen molar-refractivity contribution in [2.75, 3.05) is 6.61 Å². The molecule has 6 heteroatoms. The highest BCUT2D eigenvalue weighted by atomic mass is 16.5. The largest absolute Gasteiger partial charge is 0.462 e. The zero-order valence-electron chi connectivity index (χ0n) is 17.0. The second-order valence-corrected chi connectivity index (χ2v) is 7.59. The molecule has 0 spiro atoms. The molecule has 0 saturated heterocycles. The van der Waals surface area contributed by atoms with Gasteiger partial charge in [-0.1, -0.05) is 26.0 Å². The van der Waals surface area contributed by atoms with E-state index in [9.17, 15) is 9.59 Å². The number of aromatic nitrogens is 3. The van der Waals surface area contributed by atoms with Crippen molar-refractivity contribution in [2.24, 2.45) is 0 Å². The van der Waals surface area contributed by atoms with Gasteiger partial charge in [0.15, 0.2) is 0 Å². The van der Waals surface area contributed by atoms with Crippen molar-refractivity contribution >= 4 is 22.5 Å². The minimum atomic E-state index is -0.441. The molecule has 0 aliphatic rings. The van der Waals surface area contributed by atoms with E-state index in [0.29, 0.717) is 41.1 Å². The molecular formula is C24H23N3O3. The van der Waals surface area contributed by atoms with E-state index in [1.807, 2.05) is 30.5 Å². The van der Waals surface area contributed by atoms with E-state index in [4.69, 9.17) is 4.74 Å². The first-order valence-electron chi connectivity index (χ1n) is 10.0. The van der Waals surface area contributed by atoms with Crippen molar-refractivity contribution in [3.05, 3.63) is 88.1 Å². The summed E-state index contributed by atoms with van der Waals surface area (Å²) in [5, 5.41) is 0.401. The summed E-state index contributed by atoms with van der Waals surface area (Å²) >= 11 is 0. The van der Waals surface area contributed by atoms with Gasteiger partial charge in [0.05, 0.1) is 23.1 Å². The summed E-state index contributed by atoms with van der Waals surface area (Å²) in [5.41, 5.74) is 3.46. The maximum absolute atomic E-state index is 13.0. The van der Waals surface area contributed by atoms with Crippen molar-refractivity contribution in [1.29, 1.82) is 0 Å². The van der Waals surface area contributed by atoms with Gasteiger partial charge < -0.3 is 4.74 Å². The molecule has 6 nitrogen and oxygen atoms in total. The van der Waals surface area contributed by atoms with Crippen molar-refractivity contribution in [3.8, 4) is 0 Å². The molecule has 152 valence electrons. The molecule has 4 aromatic rings. The van der Waals surface area contributed by atoms with Gasteiger partial charge in [0, 0.05) is 18.6 Å². The van der Waals surface area contributed by atoms with Crippen molar-refractivity contribution in [2.45, 2.75) is 32.6 Å². The average molecular weight is 401 g/mol. The molecular weight excluding hydrogens is 378 g/mol. The number of aryl methyl sites for hydroxylation is 1. The number of fused-ring (bicyclic) bond motifs is 2. The van der Waals surface area contributed by atoms with E-state index in [2.05, 4.69) is 23.8 Å². The molecule has 0 radical (unpaired) electrons. The van der Waals surface area contributed by atoms with Crippen molar-refractivity contribution < 1.29 is 9.53 Å². The number of hydrogen-bond donors (Lipinski definition) is 0. The highest BCUT2D eigenvalue weighted by molar-refractivity contribution is 5.94. The zero-order valence-corrected chi connectivity index (χ0v) is 17.0. The van der Waals surface area contributed by atoms with Crippen LogP contribution in [0.1, 0.15) is 47.7 Å². The Hall–Kier alpha value is -3.54. The third-order valence-electron chi connectivity index (χ3n) is 5.10. The monoisotopic (exact) mass is 401 g/mol. The molecule has 0 N–H and O–H groups in total. The van der Waals surface area contributed by atoms with E-state index in [1.54, 1.807) is 35.0 Å². The number of esters is 1. The second kappa shape index (κ2) is 8.45. The minimum absolute atomic E-state index is 0.191. The first kappa shape index (κ1) is 19.8. The third-order valence-corrected chi connectivity index (χ3v) is 5.10. The molecule has 0 unspecified atom stereocenters. The van der Waals surface area contributed by atoms with Gasteiger partial charge in [-0.15, -0.1) is 0 Å². The Morgan fingerprint density at radius 2 is 2.03 bits per heavy atom. The number of hydrogen-bond acceptors (Lipinski definition) is 5. The zero-order chi connectivity index (χ0) is 21.1. The van der Waals surface area contributed by atoms with E-state index in [0.717, 1.165) is 17.5 Å². The van der Waals surface area contributed by atoms with Gasteiger partial charge in [-0.3, -0.25) is 14.2 Å². The Morgan fingerprint density at radius 1 is 1.17 bits per heavy atom. The predicted molar refractivity (Wildman–Crippen MR) is 116 cm³/mol. The quantitative estimate of drug-likeness (QED) is 0.276. The van der Waals surface area contributed by atoms with Crippen LogP contribution in [0.15, 0.2) is 65.8 Å². The molecule has 3 heterocycles. The highest BCUT2D eigenvalue weighted by Gasteiger charge is 2.12. The molecule has 0 aliphatic heterocycles. The first-order valence-corrected chi connectivity index (χ1v) is 10.0. The molecule has 1 aromatic carbocycles. The van der Waals surface area contributed by atoms with Crippen LogP contribution in [0, 0.1) is 0 Å². The van der Waals surface area contributed by atoms with Gasteiger partial charge in [-0.2, -0.15) is 0 Å². The van der Waals surface area contributed by atoms with Crippen LogP contribution in [0.25, 0.3) is 16.6 Å². The molecule has 0 aliphatic carbocycles. The summed E-state index contributed by atoms with van der Waals surface area (Å²) in [4.78, 5) is 34.1. The lowest BCUT2D eigenvalue weighted by Crippen LogP contribution is -2.17. The molecule has 0 bridgehead atoms. The molecule has 0 amide bonds. The average Bonchev–Trinajstić information content (AvgIpc) is 2.77. The van der Waals surface area contributed by atoms with Crippen molar-refractivity contribution in [3.63, 3.8) is 0 Å². The summed E-state index contributed by atoms with van der Waals surface area (Å²) in [5.74, 6) is -0.145. The lowest BCUT2D eigenvalue weighted by molar-refractivity contribution is 0.0501. The molecule has 0 saturated carbocycles. The fourth-order valence-corrected chi connectivity index (χ4v) is 3.36. The van der Waals surface area contributed by atoms with E-state index in [-0.39, 0.29) is 5.56 Å². The van der Waals surface area contributed by atoms with Crippen LogP contribution >= 0.6 is 0 Å². The van der Waals surface area contributed by atoms with Gasteiger partial charge in [-0.05, 0) is 60.2 Å². The highest BCUT2D eigenvalue weighted by Crippen LogP contribution is 2.17. The molecule has 3 aromatic heterocycles. The Kier molecular flexibility index (Phi) is 5.57. The number of ether oxygens (including phenoxy) is 1. The van der Waals surface area contributed by atoms with Crippen LogP contribution in [0.3, 0.4) is 0 Å². The van der Waals surface area contributed by atoms with Crippen molar-refractivity contribution in [1.82, 2.24) is 14.4 Å². The summed E-state index contributed by atoms with van der Waals surface area (Å²) in [6, 6.07) is 12.6. The molecule has 0 atom stereocenters. The first-order chi connectivity index (χ1) is 14.5. The Labute approximate surface area is 174 Å². The number of carbonyl (C=O) groups excluding carboxylic acids is 1. The van der Waals surface area contributed by atoms with Crippen LogP contribution in [0.2, 0.25) is 0 Å². The number of carbonyl (C=O) groups is 1. The van der Waals surface area contributed by atoms with Gasteiger partial charge >= 0.3 is 5.97 Å². The van der Waals surface area contributed by atoms with Gasteiger partial charge in [0.2, 0.25) is 0 Å². The summed E-state index contributed by atoms with van der Waals surface area (Å²) in [6.07, 6.45) is 6.85. The van der Waals surface area contributed by atoms with Crippen LogP contribution in [-0.2, 0) is 11.2 Å². The van der Waals surface area contributed by atoms with Gasteiger partial charge in [0.25, 0.3) is 5.56 Å². The fraction of sp³-hybridized carbons (Fsp3) is 0.250. The summed E-state index contributed by atoms with van der Waals surface area (Å²) < 4.78 is 6.93. The topological polar surface area (TPSA) is 73.6 Å². The Bertz CT molecular complexity index is 1260. The number of rotatable bonds is 6. The lowest BCUT2D eigenvalue weighted by Gasteiger charge is -2.09. The Balaban J connectivity index is 1.54. The summed E-state index contributed by atoms with van der Waals surface area (Å²) in [6.45, 7) is 4.45. The standard InChI is InChI=1S/C24H23N3O3/c1-16(2)19-8-10-22-26-21-9-7-18(13-20(21)23(28)27(22)15-19)24(29)30-12-4-6-17-5-3-11-25-14-17/h3,5,7-11,13-16H,4,6,12H2,1-2H3. The smallest absolute Gasteiger partial charge is 0.338 e. The fourth-order valence-electron chi connectivity index (χ4n) is 3.36. The molecule has 0 fully saturated rings. The normalized spacial score (nSPS) is 11.3. The lowest BCUT2D eigenvalue weighted by atomic mass is 10.1. The number of benzene rings is 1. The minimum Gasteiger partial charge on any atom is -0.462 e. The maximum atomic E-state index is 13.0. The second-order valence-electron chi connectivity index (χ2n) is 7.59. The molecule has 30 heavy (non-hydrogen) atoms.